The number of hydrogen-bond acceptors (Lipinski definition) is 3. The predicted molar refractivity (Wildman–Crippen MR) is 70.8 cm³/mol. The van der Waals surface area contributed by atoms with E-state index in [4.69, 9.17) is 0 Å². The third kappa shape index (κ3) is 3.38. The van der Waals surface area contributed by atoms with Gasteiger partial charge in [0.2, 0.25) is 0 Å². The molecule has 4 nitrogen and oxygen atoms in total. The van der Waals surface area contributed by atoms with Crippen LogP contribution < -0.4 is 4.83 Å². The summed E-state index contributed by atoms with van der Waals surface area (Å²) in [7, 11) is -3.71. The van der Waals surface area contributed by atoms with Crippen molar-refractivity contribution in [3.8, 4) is 0 Å². The third-order valence-corrected chi connectivity index (χ3v) is 3.57. The van der Waals surface area contributed by atoms with Crippen LogP contribution in [0.25, 0.3) is 0 Å². The van der Waals surface area contributed by atoms with E-state index in [1.165, 1.54) is 24.3 Å². The molecule has 2 aromatic rings. The van der Waals surface area contributed by atoms with Crippen LogP contribution in [-0.4, -0.2) is 14.6 Å². The molecule has 1 N–H and O–H groups in total. The summed E-state index contributed by atoms with van der Waals surface area (Å²) in [6, 6.07) is 13.8. The standard InChI is InChI=1S/C13H11FN2O2S/c14-13-9-5-4-6-11(13)10-15-16-19(17,18)12-7-2-1-3-8-12/h1-10,16H/b15-10-. The van der Waals surface area contributed by atoms with Crippen molar-refractivity contribution in [2.75, 3.05) is 0 Å². The van der Waals surface area contributed by atoms with Gasteiger partial charge in [-0.25, -0.2) is 9.22 Å². The number of nitrogens with zero attached hydrogens (tertiary/aromatic N) is 1. The van der Waals surface area contributed by atoms with Crippen molar-refractivity contribution in [2.45, 2.75) is 4.90 Å². The first-order chi connectivity index (χ1) is 9.09. The minimum atomic E-state index is -3.71. The van der Waals surface area contributed by atoms with Crippen molar-refractivity contribution in [1.29, 1.82) is 0 Å². The van der Waals surface area contributed by atoms with E-state index >= 15 is 0 Å². The lowest BCUT2D eigenvalue weighted by Gasteiger charge is -2.02. The topological polar surface area (TPSA) is 58.5 Å². The molecular weight excluding hydrogens is 267 g/mol. The van der Waals surface area contributed by atoms with Crippen LogP contribution in [0.5, 0.6) is 0 Å². The highest BCUT2D eigenvalue weighted by Gasteiger charge is 2.11. The number of benzene rings is 2. The lowest BCUT2D eigenvalue weighted by molar-refractivity contribution is 0.584. The lowest BCUT2D eigenvalue weighted by atomic mass is 10.2. The van der Waals surface area contributed by atoms with Gasteiger partial charge in [0.15, 0.2) is 0 Å². The van der Waals surface area contributed by atoms with Crippen LogP contribution in [0, 0.1) is 5.82 Å². The van der Waals surface area contributed by atoms with Crippen molar-refractivity contribution < 1.29 is 12.8 Å². The van der Waals surface area contributed by atoms with Crippen molar-refractivity contribution in [3.63, 3.8) is 0 Å². The molecule has 0 unspecified atom stereocenters. The number of hydrogen-bond donors (Lipinski definition) is 1. The van der Waals surface area contributed by atoms with E-state index in [9.17, 15) is 12.8 Å². The summed E-state index contributed by atoms with van der Waals surface area (Å²) in [5.74, 6) is -0.467. The molecule has 0 aliphatic rings. The van der Waals surface area contributed by atoms with E-state index in [2.05, 4.69) is 5.10 Å². The SMILES string of the molecule is O=S(=O)(N/N=C\c1ccccc1F)c1ccccc1. The second-order valence-corrected chi connectivity index (χ2v) is 5.35. The molecule has 0 radical (unpaired) electrons. The predicted octanol–water partition coefficient (Wildman–Crippen LogP) is 2.14. The molecule has 6 heteroatoms. The van der Waals surface area contributed by atoms with Crippen LogP contribution in [0.15, 0.2) is 64.6 Å². The van der Waals surface area contributed by atoms with Crippen molar-refractivity contribution in [3.05, 3.63) is 66.0 Å². The summed E-state index contributed by atoms with van der Waals surface area (Å²) in [6.07, 6.45) is 1.12. The van der Waals surface area contributed by atoms with E-state index in [1.54, 1.807) is 30.3 Å². The summed E-state index contributed by atoms with van der Waals surface area (Å²) in [5, 5.41) is 3.55. The average molecular weight is 278 g/mol. The monoisotopic (exact) mass is 278 g/mol. The molecule has 0 saturated carbocycles. The normalized spacial score (nSPS) is 11.6. The van der Waals surface area contributed by atoms with Crippen LogP contribution in [-0.2, 0) is 10.0 Å². The van der Waals surface area contributed by atoms with Crippen molar-refractivity contribution in [1.82, 2.24) is 4.83 Å². The van der Waals surface area contributed by atoms with Crippen molar-refractivity contribution in [2.24, 2.45) is 5.10 Å². The molecule has 98 valence electrons. The Hall–Kier alpha value is -2.21. The van der Waals surface area contributed by atoms with E-state index in [0.717, 1.165) is 6.21 Å². The van der Waals surface area contributed by atoms with Gasteiger partial charge < -0.3 is 0 Å². The fourth-order valence-corrected chi connectivity index (χ4v) is 2.21. The van der Waals surface area contributed by atoms with Gasteiger partial charge >= 0.3 is 0 Å². The molecule has 0 aromatic heterocycles. The number of sulfonamides is 1. The lowest BCUT2D eigenvalue weighted by Crippen LogP contribution is -2.18. The fourth-order valence-electron chi connectivity index (χ4n) is 1.40. The zero-order chi connectivity index (χ0) is 13.7. The number of hydrazone groups is 1. The van der Waals surface area contributed by atoms with Gasteiger partial charge in [0, 0.05) is 5.56 Å². The zero-order valence-electron chi connectivity index (χ0n) is 9.82. The van der Waals surface area contributed by atoms with Gasteiger partial charge in [-0.15, -0.1) is 0 Å². The Morgan fingerprint density at radius 1 is 1.00 bits per heavy atom. The Balaban J connectivity index is 2.13. The Bertz CT molecular complexity index is 685. The quantitative estimate of drug-likeness (QED) is 0.688. The van der Waals surface area contributed by atoms with E-state index in [1.807, 2.05) is 4.83 Å². The number of nitrogens with one attached hydrogen (secondary N) is 1. The van der Waals surface area contributed by atoms with E-state index in [-0.39, 0.29) is 10.5 Å². The fraction of sp³-hybridized carbons (Fsp3) is 0. The van der Waals surface area contributed by atoms with E-state index in [0.29, 0.717) is 0 Å². The smallest absolute Gasteiger partial charge is 0.206 e. The molecule has 2 rings (SSSR count). The highest BCUT2D eigenvalue weighted by molar-refractivity contribution is 7.89. The van der Waals surface area contributed by atoms with E-state index < -0.39 is 15.8 Å². The Labute approximate surface area is 110 Å². The molecule has 0 fully saturated rings. The minimum absolute atomic E-state index is 0.0979. The first kappa shape index (κ1) is 13.2. The van der Waals surface area contributed by atoms with Crippen LogP contribution in [0.3, 0.4) is 0 Å². The Morgan fingerprint density at radius 3 is 2.32 bits per heavy atom. The summed E-state index contributed by atoms with van der Waals surface area (Å²) in [5.41, 5.74) is 0.207. The van der Waals surface area contributed by atoms with Gasteiger partial charge in [-0.05, 0) is 18.2 Å². The molecule has 0 amide bonds. The maximum atomic E-state index is 13.3. The molecule has 19 heavy (non-hydrogen) atoms. The summed E-state index contributed by atoms with van der Waals surface area (Å²) in [4.78, 5) is 2.12. The molecule has 0 aliphatic heterocycles. The van der Waals surface area contributed by atoms with Gasteiger partial charge in [0.25, 0.3) is 10.0 Å². The third-order valence-electron chi connectivity index (χ3n) is 2.34. The van der Waals surface area contributed by atoms with Crippen LogP contribution in [0.2, 0.25) is 0 Å². The second kappa shape index (κ2) is 5.62. The summed E-state index contributed by atoms with van der Waals surface area (Å²) in [6.45, 7) is 0. The molecular formula is C13H11FN2O2S. The number of rotatable bonds is 4. The molecule has 0 heterocycles. The van der Waals surface area contributed by atoms with Gasteiger partial charge in [-0.3, -0.25) is 0 Å². The molecule has 0 aliphatic carbocycles. The largest absolute Gasteiger partial charge is 0.276 e. The van der Waals surface area contributed by atoms with Crippen LogP contribution >= 0.6 is 0 Å². The minimum Gasteiger partial charge on any atom is -0.206 e. The summed E-state index contributed by atoms with van der Waals surface area (Å²) >= 11 is 0. The maximum absolute atomic E-state index is 13.3. The Kier molecular flexibility index (Phi) is 3.91. The number of halogens is 1. The maximum Gasteiger partial charge on any atom is 0.276 e. The van der Waals surface area contributed by atoms with Gasteiger partial charge in [0.1, 0.15) is 5.82 Å². The molecule has 0 bridgehead atoms. The highest BCUT2D eigenvalue weighted by atomic mass is 32.2. The second-order valence-electron chi connectivity index (χ2n) is 3.69. The van der Waals surface area contributed by atoms with Crippen LogP contribution in [0.1, 0.15) is 5.56 Å². The van der Waals surface area contributed by atoms with Crippen molar-refractivity contribution >= 4 is 16.2 Å². The Morgan fingerprint density at radius 2 is 1.63 bits per heavy atom. The highest BCUT2D eigenvalue weighted by Crippen LogP contribution is 2.07. The molecule has 2 aromatic carbocycles. The van der Waals surface area contributed by atoms with Gasteiger partial charge in [-0.1, -0.05) is 36.4 Å². The van der Waals surface area contributed by atoms with Gasteiger partial charge in [-0.2, -0.15) is 13.5 Å². The van der Waals surface area contributed by atoms with Crippen LogP contribution in [0.4, 0.5) is 4.39 Å². The molecule has 0 atom stereocenters. The molecule has 0 spiro atoms. The zero-order valence-corrected chi connectivity index (χ0v) is 10.6. The summed E-state index contributed by atoms with van der Waals surface area (Å²) < 4.78 is 36.8. The van der Waals surface area contributed by atoms with Gasteiger partial charge in [0.05, 0.1) is 11.1 Å². The molecule has 0 saturated heterocycles. The first-order valence-electron chi connectivity index (χ1n) is 5.44. The average Bonchev–Trinajstić information content (AvgIpc) is 2.42. The first-order valence-corrected chi connectivity index (χ1v) is 6.92.